The van der Waals surface area contributed by atoms with Crippen molar-refractivity contribution in [3.8, 4) is 0 Å². The molecule has 2 heterocycles. The first-order chi connectivity index (χ1) is 7.50. The smallest absolute Gasteiger partial charge is 0.339 e. The van der Waals surface area contributed by atoms with Crippen LogP contribution in [0.25, 0.3) is 5.65 Å². The van der Waals surface area contributed by atoms with Gasteiger partial charge < -0.3 is 10.2 Å². The van der Waals surface area contributed by atoms with Crippen LogP contribution in [-0.2, 0) is 0 Å². The van der Waals surface area contributed by atoms with Crippen LogP contribution in [0.4, 0.5) is 0 Å². The normalized spacial score (nSPS) is 12.9. The molecule has 7 heteroatoms. The number of aromatic carboxylic acids is 1. The molecule has 0 spiro atoms. The zero-order valence-corrected chi connectivity index (χ0v) is 9.01. The van der Waals surface area contributed by atoms with Crippen LogP contribution in [0.15, 0.2) is 12.3 Å². The fourth-order valence-corrected chi connectivity index (χ4v) is 1.66. The Labute approximate surface area is 95.1 Å². The number of halogens is 1. The van der Waals surface area contributed by atoms with E-state index < -0.39 is 12.1 Å². The Morgan fingerprint density at radius 2 is 2.31 bits per heavy atom. The Balaban J connectivity index is 2.83. The molecule has 2 rings (SSSR count). The highest BCUT2D eigenvalue weighted by Gasteiger charge is 2.19. The first kappa shape index (κ1) is 10.8. The Morgan fingerprint density at radius 1 is 1.62 bits per heavy atom. The molecular weight excluding hydrogens is 234 g/mol. The van der Waals surface area contributed by atoms with Crippen molar-refractivity contribution in [3.63, 3.8) is 0 Å². The standard InChI is InChI=1S/C9H8ClN3O3/c1-4(14)8-5(9(15)16)3-11-7-2-6(10)12-13(7)8/h2-4,14H,1H3,(H,15,16)/t4-/m0/s1. The molecule has 84 valence electrons. The number of aromatic nitrogens is 3. The molecule has 2 aromatic heterocycles. The van der Waals surface area contributed by atoms with Crippen LogP contribution in [0.1, 0.15) is 29.1 Å². The summed E-state index contributed by atoms with van der Waals surface area (Å²) in [5, 5.41) is 22.6. The molecule has 0 aliphatic carbocycles. The van der Waals surface area contributed by atoms with E-state index in [0.717, 1.165) is 0 Å². The first-order valence-electron chi connectivity index (χ1n) is 4.46. The summed E-state index contributed by atoms with van der Waals surface area (Å²) < 4.78 is 1.23. The van der Waals surface area contributed by atoms with Crippen LogP contribution in [0.5, 0.6) is 0 Å². The molecule has 0 radical (unpaired) electrons. The van der Waals surface area contributed by atoms with Gasteiger partial charge in [-0.25, -0.2) is 14.3 Å². The van der Waals surface area contributed by atoms with Gasteiger partial charge in [0.15, 0.2) is 10.8 Å². The zero-order valence-electron chi connectivity index (χ0n) is 8.25. The average molecular weight is 242 g/mol. The van der Waals surface area contributed by atoms with E-state index in [9.17, 15) is 9.90 Å². The number of hydrogen-bond acceptors (Lipinski definition) is 4. The largest absolute Gasteiger partial charge is 0.478 e. The highest BCUT2D eigenvalue weighted by atomic mass is 35.5. The Bertz CT molecular complexity index is 564. The molecule has 0 bridgehead atoms. The van der Waals surface area contributed by atoms with E-state index in [4.69, 9.17) is 16.7 Å². The number of fused-ring (bicyclic) bond motifs is 1. The van der Waals surface area contributed by atoms with Gasteiger partial charge in [-0.15, -0.1) is 0 Å². The molecular formula is C9H8ClN3O3. The monoisotopic (exact) mass is 241 g/mol. The molecule has 0 fully saturated rings. The number of carbonyl (C=O) groups is 1. The second kappa shape index (κ2) is 3.73. The molecule has 0 aliphatic rings. The number of carboxylic acids is 1. The summed E-state index contributed by atoms with van der Waals surface area (Å²) >= 11 is 5.69. The minimum absolute atomic E-state index is 0.0951. The first-order valence-corrected chi connectivity index (χ1v) is 4.84. The van der Waals surface area contributed by atoms with Gasteiger partial charge in [0, 0.05) is 12.3 Å². The summed E-state index contributed by atoms with van der Waals surface area (Å²) in [5.74, 6) is -1.17. The van der Waals surface area contributed by atoms with Gasteiger partial charge in [-0.3, -0.25) is 0 Å². The lowest BCUT2D eigenvalue weighted by atomic mass is 10.1. The number of aliphatic hydroxyl groups is 1. The van der Waals surface area contributed by atoms with E-state index in [0.29, 0.717) is 5.65 Å². The minimum Gasteiger partial charge on any atom is -0.478 e. The van der Waals surface area contributed by atoms with Crippen LogP contribution in [0.3, 0.4) is 0 Å². The summed E-state index contributed by atoms with van der Waals surface area (Å²) in [7, 11) is 0. The van der Waals surface area contributed by atoms with Crippen LogP contribution in [0.2, 0.25) is 5.15 Å². The Kier molecular flexibility index (Phi) is 2.53. The maximum absolute atomic E-state index is 11.0. The van der Waals surface area contributed by atoms with Crippen LogP contribution in [0, 0.1) is 0 Å². The summed E-state index contributed by atoms with van der Waals surface area (Å²) in [6.07, 6.45) is 0.199. The summed E-state index contributed by atoms with van der Waals surface area (Å²) in [4.78, 5) is 14.8. The van der Waals surface area contributed by atoms with E-state index in [1.807, 2.05) is 0 Å². The van der Waals surface area contributed by atoms with Crippen molar-refractivity contribution in [1.29, 1.82) is 0 Å². The third-order valence-corrected chi connectivity index (χ3v) is 2.30. The molecule has 16 heavy (non-hydrogen) atoms. The highest BCUT2D eigenvalue weighted by Crippen LogP contribution is 2.20. The van der Waals surface area contributed by atoms with Crippen molar-refractivity contribution in [2.24, 2.45) is 0 Å². The third kappa shape index (κ3) is 1.62. The molecule has 0 saturated carbocycles. The molecule has 0 saturated heterocycles. The van der Waals surface area contributed by atoms with Crippen LogP contribution >= 0.6 is 11.6 Å². The number of carboxylic acid groups (broad SMARTS) is 1. The lowest BCUT2D eigenvalue weighted by Gasteiger charge is -2.10. The van der Waals surface area contributed by atoms with E-state index >= 15 is 0 Å². The Hall–Kier alpha value is -1.66. The van der Waals surface area contributed by atoms with Crippen LogP contribution < -0.4 is 0 Å². The van der Waals surface area contributed by atoms with Crippen molar-refractivity contribution >= 4 is 23.2 Å². The molecule has 1 atom stereocenters. The quantitative estimate of drug-likeness (QED) is 0.823. The van der Waals surface area contributed by atoms with Gasteiger partial charge in [0.2, 0.25) is 0 Å². The van der Waals surface area contributed by atoms with Crippen molar-refractivity contribution in [1.82, 2.24) is 14.6 Å². The number of aliphatic hydroxyl groups excluding tert-OH is 1. The molecule has 2 N–H and O–H groups in total. The lowest BCUT2D eigenvalue weighted by molar-refractivity contribution is 0.0687. The predicted octanol–water partition coefficient (Wildman–Crippen LogP) is 1.13. The average Bonchev–Trinajstić information content (AvgIpc) is 2.55. The third-order valence-electron chi connectivity index (χ3n) is 2.12. The lowest BCUT2D eigenvalue weighted by Crippen LogP contribution is -2.12. The Morgan fingerprint density at radius 3 is 2.88 bits per heavy atom. The second-order valence-corrected chi connectivity index (χ2v) is 3.66. The molecule has 0 aliphatic heterocycles. The van der Waals surface area contributed by atoms with Crippen molar-refractivity contribution in [3.05, 3.63) is 28.7 Å². The topological polar surface area (TPSA) is 87.7 Å². The number of nitrogens with zero attached hydrogens (tertiary/aromatic N) is 3. The van der Waals surface area contributed by atoms with Gasteiger partial charge in [0.25, 0.3) is 0 Å². The van der Waals surface area contributed by atoms with E-state index in [-0.39, 0.29) is 16.4 Å². The highest BCUT2D eigenvalue weighted by molar-refractivity contribution is 6.29. The van der Waals surface area contributed by atoms with Gasteiger partial charge in [-0.05, 0) is 6.92 Å². The zero-order chi connectivity index (χ0) is 11.9. The summed E-state index contributed by atoms with van der Waals surface area (Å²) in [6.45, 7) is 1.46. The number of rotatable bonds is 2. The maximum Gasteiger partial charge on any atom is 0.339 e. The van der Waals surface area contributed by atoms with Gasteiger partial charge in [-0.2, -0.15) is 5.10 Å². The minimum atomic E-state index is -1.17. The SMILES string of the molecule is C[C@H](O)c1c(C(=O)O)cnc2cc(Cl)nn12. The molecule has 2 aromatic rings. The molecule has 0 aromatic carbocycles. The predicted molar refractivity (Wildman–Crippen MR) is 55.6 cm³/mol. The van der Waals surface area contributed by atoms with Crippen LogP contribution in [-0.4, -0.2) is 30.8 Å². The fourth-order valence-electron chi connectivity index (χ4n) is 1.49. The van der Waals surface area contributed by atoms with E-state index in [2.05, 4.69) is 10.1 Å². The van der Waals surface area contributed by atoms with Gasteiger partial charge in [0.05, 0.1) is 11.8 Å². The van der Waals surface area contributed by atoms with Crippen molar-refractivity contribution in [2.75, 3.05) is 0 Å². The molecule has 0 amide bonds. The maximum atomic E-state index is 11.0. The van der Waals surface area contributed by atoms with Crippen molar-refractivity contribution < 1.29 is 15.0 Å². The molecule has 0 unspecified atom stereocenters. The fraction of sp³-hybridized carbons (Fsp3) is 0.222. The van der Waals surface area contributed by atoms with E-state index in [1.165, 1.54) is 23.7 Å². The van der Waals surface area contributed by atoms with E-state index in [1.54, 1.807) is 0 Å². The van der Waals surface area contributed by atoms with Gasteiger partial charge >= 0.3 is 5.97 Å². The summed E-state index contributed by atoms with van der Waals surface area (Å²) in [6, 6.07) is 1.49. The van der Waals surface area contributed by atoms with Gasteiger partial charge in [-0.1, -0.05) is 11.6 Å². The summed E-state index contributed by atoms with van der Waals surface area (Å²) in [5.41, 5.74) is 0.456. The number of hydrogen-bond donors (Lipinski definition) is 2. The van der Waals surface area contributed by atoms with Crippen molar-refractivity contribution in [2.45, 2.75) is 13.0 Å². The second-order valence-electron chi connectivity index (χ2n) is 3.28. The van der Waals surface area contributed by atoms with Gasteiger partial charge in [0.1, 0.15) is 5.56 Å². The molecule has 6 nitrogen and oxygen atoms in total.